The second-order valence-electron chi connectivity index (χ2n) is 9.28. The number of nitrogens with zero attached hydrogens (tertiary/aromatic N) is 4. The number of rotatable bonds is 8. The number of fused-ring (bicyclic) bond motifs is 1. The molecular weight excluding hydrogens is 392 g/mol. The van der Waals surface area contributed by atoms with Crippen LogP contribution in [0.25, 0.3) is 6.08 Å². The molecule has 2 rings (SSSR count). The van der Waals surface area contributed by atoms with Crippen molar-refractivity contribution in [2.24, 2.45) is 5.41 Å². The predicted octanol–water partition coefficient (Wildman–Crippen LogP) is 1.96. The SMILES string of the molecule is CCN(CC)C/C=C/c1nc(C(=O)N[C@H](C(=O)NC)C(C)(C)C)c2n1CCCN(C)C2. The summed E-state index contributed by atoms with van der Waals surface area (Å²) in [5.41, 5.74) is 0.898. The van der Waals surface area contributed by atoms with Crippen LogP contribution < -0.4 is 10.6 Å². The lowest BCUT2D eigenvalue weighted by Gasteiger charge is -2.29. The lowest BCUT2D eigenvalue weighted by atomic mass is 9.86. The highest BCUT2D eigenvalue weighted by molar-refractivity contribution is 5.97. The Hall–Kier alpha value is -2.19. The number of amides is 2. The topological polar surface area (TPSA) is 82.5 Å². The van der Waals surface area contributed by atoms with Crippen molar-refractivity contribution < 1.29 is 9.59 Å². The summed E-state index contributed by atoms with van der Waals surface area (Å²) >= 11 is 0. The Bertz CT molecular complexity index is 789. The van der Waals surface area contributed by atoms with Gasteiger partial charge in [0.25, 0.3) is 5.91 Å². The molecule has 0 unspecified atom stereocenters. The highest BCUT2D eigenvalue weighted by atomic mass is 16.2. The second-order valence-corrected chi connectivity index (χ2v) is 9.28. The molecule has 1 aromatic rings. The van der Waals surface area contributed by atoms with Gasteiger partial charge < -0.3 is 25.0 Å². The predicted molar refractivity (Wildman–Crippen MR) is 125 cm³/mol. The van der Waals surface area contributed by atoms with Crippen LogP contribution in [0.2, 0.25) is 0 Å². The summed E-state index contributed by atoms with van der Waals surface area (Å²) in [4.78, 5) is 35.0. The summed E-state index contributed by atoms with van der Waals surface area (Å²) < 4.78 is 2.16. The summed E-state index contributed by atoms with van der Waals surface area (Å²) in [5, 5.41) is 5.60. The molecule has 8 nitrogen and oxygen atoms in total. The van der Waals surface area contributed by atoms with Crippen molar-refractivity contribution in [1.29, 1.82) is 0 Å². The summed E-state index contributed by atoms with van der Waals surface area (Å²) in [6, 6.07) is -0.646. The Morgan fingerprint density at radius 2 is 1.90 bits per heavy atom. The zero-order valence-corrected chi connectivity index (χ0v) is 20.3. The first kappa shape index (κ1) is 25.1. The van der Waals surface area contributed by atoms with E-state index < -0.39 is 11.5 Å². The maximum absolute atomic E-state index is 13.3. The first-order valence-corrected chi connectivity index (χ1v) is 11.3. The van der Waals surface area contributed by atoms with E-state index in [0.717, 1.165) is 50.7 Å². The molecule has 2 amide bonds. The van der Waals surface area contributed by atoms with Gasteiger partial charge in [-0.2, -0.15) is 0 Å². The number of nitrogens with one attached hydrogen (secondary N) is 2. The Labute approximate surface area is 187 Å². The van der Waals surface area contributed by atoms with Gasteiger partial charge >= 0.3 is 0 Å². The number of imidazole rings is 1. The largest absolute Gasteiger partial charge is 0.357 e. The van der Waals surface area contributed by atoms with E-state index in [1.54, 1.807) is 7.05 Å². The minimum atomic E-state index is -0.646. The molecule has 2 N–H and O–H groups in total. The van der Waals surface area contributed by atoms with E-state index in [9.17, 15) is 9.59 Å². The molecule has 0 aromatic carbocycles. The van der Waals surface area contributed by atoms with Gasteiger partial charge in [0.15, 0.2) is 5.69 Å². The van der Waals surface area contributed by atoms with Crippen molar-refractivity contribution in [3.05, 3.63) is 23.3 Å². The standard InChI is InChI=1S/C23H40N6O2/c1-8-28(9-2)14-10-12-18-25-19(17-16-27(7)13-11-15-29(17)18)21(30)26-20(22(31)24-6)23(3,4)5/h10,12,20H,8-9,11,13-16H2,1-7H3,(H,24,31)(H,26,30)/b12-10+/t20-/m1/s1. The molecule has 0 fully saturated rings. The van der Waals surface area contributed by atoms with E-state index in [0.29, 0.717) is 12.2 Å². The number of hydrogen-bond donors (Lipinski definition) is 2. The van der Waals surface area contributed by atoms with Gasteiger partial charge in [-0.15, -0.1) is 0 Å². The normalized spacial score (nSPS) is 16.3. The van der Waals surface area contributed by atoms with Crippen LogP contribution in [0.1, 0.15) is 63.0 Å². The van der Waals surface area contributed by atoms with Gasteiger partial charge in [0, 0.05) is 26.7 Å². The summed E-state index contributed by atoms with van der Waals surface area (Å²) in [5.74, 6) is 0.295. The van der Waals surface area contributed by atoms with Crippen LogP contribution in [-0.2, 0) is 17.9 Å². The minimum Gasteiger partial charge on any atom is -0.357 e. The highest BCUT2D eigenvalue weighted by Crippen LogP contribution is 2.23. The third kappa shape index (κ3) is 6.40. The number of hydrogen-bond acceptors (Lipinski definition) is 5. The van der Waals surface area contributed by atoms with E-state index in [4.69, 9.17) is 4.98 Å². The number of aromatic nitrogens is 2. The summed E-state index contributed by atoms with van der Waals surface area (Å²) in [6.45, 7) is 15.4. The minimum absolute atomic E-state index is 0.206. The van der Waals surface area contributed by atoms with Crippen LogP contribution in [0.5, 0.6) is 0 Å². The second kappa shape index (κ2) is 10.9. The average molecular weight is 433 g/mol. The van der Waals surface area contributed by atoms with Crippen LogP contribution in [-0.4, -0.2) is 77.5 Å². The fourth-order valence-corrected chi connectivity index (χ4v) is 3.87. The lowest BCUT2D eigenvalue weighted by molar-refractivity contribution is -0.124. The molecule has 1 aliphatic heterocycles. The van der Waals surface area contributed by atoms with Gasteiger partial charge in [-0.05, 0) is 44.6 Å². The molecule has 31 heavy (non-hydrogen) atoms. The van der Waals surface area contributed by atoms with Gasteiger partial charge in [0.05, 0.1) is 5.69 Å². The zero-order valence-electron chi connectivity index (χ0n) is 20.3. The number of carbonyl (C=O) groups is 2. The molecule has 174 valence electrons. The zero-order chi connectivity index (χ0) is 23.2. The fraction of sp³-hybridized carbons (Fsp3) is 0.696. The van der Waals surface area contributed by atoms with Crippen LogP contribution in [0.3, 0.4) is 0 Å². The average Bonchev–Trinajstić information content (AvgIpc) is 2.92. The molecule has 8 heteroatoms. The van der Waals surface area contributed by atoms with Crippen molar-refractivity contribution in [3.63, 3.8) is 0 Å². The molecule has 0 saturated carbocycles. The van der Waals surface area contributed by atoms with Gasteiger partial charge in [-0.3, -0.25) is 9.59 Å². The monoisotopic (exact) mass is 432 g/mol. The quantitative estimate of drug-likeness (QED) is 0.656. The van der Waals surface area contributed by atoms with Crippen LogP contribution >= 0.6 is 0 Å². The van der Waals surface area contributed by atoms with Gasteiger partial charge in [-0.25, -0.2) is 4.98 Å². The smallest absolute Gasteiger partial charge is 0.272 e. The van der Waals surface area contributed by atoms with Gasteiger partial charge in [0.2, 0.25) is 5.91 Å². The molecule has 0 radical (unpaired) electrons. The molecule has 0 bridgehead atoms. The van der Waals surface area contributed by atoms with Crippen LogP contribution in [0, 0.1) is 5.41 Å². The fourth-order valence-electron chi connectivity index (χ4n) is 3.87. The lowest BCUT2D eigenvalue weighted by Crippen LogP contribution is -2.53. The Morgan fingerprint density at radius 1 is 1.23 bits per heavy atom. The molecule has 1 atom stereocenters. The Kier molecular flexibility index (Phi) is 8.82. The van der Waals surface area contributed by atoms with Crippen molar-refractivity contribution in [3.8, 4) is 0 Å². The van der Waals surface area contributed by atoms with Crippen molar-refractivity contribution >= 4 is 17.9 Å². The third-order valence-electron chi connectivity index (χ3n) is 5.83. The van der Waals surface area contributed by atoms with Crippen molar-refractivity contribution in [2.75, 3.05) is 40.3 Å². The Balaban J connectivity index is 2.37. The van der Waals surface area contributed by atoms with Crippen molar-refractivity contribution in [2.45, 2.75) is 60.2 Å². The molecule has 1 aromatic heterocycles. The first-order valence-electron chi connectivity index (χ1n) is 11.3. The van der Waals surface area contributed by atoms with E-state index in [1.807, 2.05) is 26.8 Å². The summed E-state index contributed by atoms with van der Waals surface area (Å²) in [7, 11) is 3.65. The number of likely N-dealkylation sites (N-methyl/N-ethyl adjacent to an activating group) is 2. The third-order valence-corrected chi connectivity index (χ3v) is 5.83. The number of carbonyl (C=O) groups excluding carboxylic acids is 2. The highest BCUT2D eigenvalue weighted by Gasteiger charge is 2.34. The molecular formula is C23H40N6O2. The van der Waals surface area contributed by atoms with Crippen LogP contribution in [0.15, 0.2) is 6.08 Å². The Morgan fingerprint density at radius 3 is 2.48 bits per heavy atom. The maximum atomic E-state index is 13.3. The maximum Gasteiger partial charge on any atom is 0.272 e. The van der Waals surface area contributed by atoms with E-state index in [-0.39, 0.29) is 11.8 Å². The van der Waals surface area contributed by atoms with E-state index >= 15 is 0 Å². The first-order chi connectivity index (χ1) is 14.6. The molecule has 0 saturated heterocycles. The van der Waals surface area contributed by atoms with E-state index in [1.165, 1.54) is 0 Å². The summed E-state index contributed by atoms with van der Waals surface area (Å²) in [6.07, 6.45) is 5.13. The molecule has 2 heterocycles. The molecule has 0 spiro atoms. The van der Waals surface area contributed by atoms with Crippen molar-refractivity contribution in [1.82, 2.24) is 30.0 Å². The van der Waals surface area contributed by atoms with Gasteiger partial charge in [-0.1, -0.05) is 40.7 Å². The van der Waals surface area contributed by atoms with Gasteiger partial charge in [0.1, 0.15) is 11.9 Å². The van der Waals surface area contributed by atoms with Crippen LogP contribution in [0.4, 0.5) is 0 Å². The molecule has 1 aliphatic rings. The molecule has 0 aliphatic carbocycles. The van der Waals surface area contributed by atoms with E-state index in [2.05, 4.69) is 52.0 Å².